The van der Waals surface area contributed by atoms with Crippen LogP contribution in [0.4, 0.5) is 4.39 Å². The monoisotopic (exact) mass is 267 g/mol. The summed E-state index contributed by atoms with van der Waals surface area (Å²) in [5.41, 5.74) is 0.502. The van der Waals surface area contributed by atoms with Crippen molar-refractivity contribution in [1.82, 2.24) is 0 Å². The summed E-state index contributed by atoms with van der Waals surface area (Å²) in [6, 6.07) is 5.55. The maximum atomic E-state index is 13.1. The Balaban J connectivity index is 2.28. The highest BCUT2D eigenvalue weighted by Crippen LogP contribution is 2.27. The van der Waals surface area contributed by atoms with E-state index in [1.54, 1.807) is 0 Å². The topological polar surface area (TPSA) is 57.9 Å². The van der Waals surface area contributed by atoms with Crippen LogP contribution in [-0.2, 0) is 15.6 Å². The molecule has 0 saturated heterocycles. The predicted molar refractivity (Wildman–Crippen MR) is 66.0 cm³/mol. The Labute approximate surface area is 106 Å². The molecule has 2 rings (SSSR count). The van der Waals surface area contributed by atoms with E-state index in [1.165, 1.54) is 12.1 Å². The standard InChI is InChI=1S/C13H14FNO2S/c14-12-6-5-10(8-15)11(7-12)9-18(16,17)13-3-1-2-4-13/h5-7,13H,1-4,9H2. The van der Waals surface area contributed by atoms with E-state index in [-0.39, 0.29) is 22.1 Å². The number of benzene rings is 1. The first-order chi connectivity index (χ1) is 8.53. The summed E-state index contributed by atoms with van der Waals surface area (Å²) in [5, 5.41) is 8.58. The van der Waals surface area contributed by atoms with Crippen LogP contribution < -0.4 is 0 Å². The Kier molecular flexibility index (Phi) is 3.67. The molecule has 0 aromatic heterocycles. The molecule has 96 valence electrons. The molecule has 1 saturated carbocycles. The van der Waals surface area contributed by atoms with Crippen LogP contribution in [0.1, 0.15) is 36.8 Å². The Morgan fingerprint density at radius 2 is 2.00 bits per heavy atom. The van der Waals surface area contributed by atoms with E-state index < -0.39 is 15.7 Å². The van der Waals surface area contributed by atoms with Crippen LogP contribution in [-0.4, -0.2) is 13.7 Å². The Bertz CT molecular complexity index is 583. The molecular formula is C13H14FNO2S. The fraction of sp³-hybridized carbons (Fsp3) is 0.462. The van der Waals surface area contributed by atoms with Gasteiger partial charge in [0.2, 0.25) is 0 Å². The van der Waals surface area contributed by atoms with Crippen LogP contribution in [0, 0.1) is 17.1 Å². The fourth-order valence-corrected chi connectivity index (χ4v) is 4.33. The van der Waals surface area contributed by atoms with Gasteiger partial charge >= 0.3 is 0 Å². The molecule has 5 heteroatoms. The molecule has 0 atom stereocenters. The zero-order chi connectivity index (χ0) is 13.2. The average Bonchev–Trinajstić information content (AvgIpc) is 2.83. The Morgan fingerprint density at radius 1 is 1.33 bits per heavy atom. The van der Waals surface area contributed by atoms with Gasteiger partial charge in [0.05, 0.1) is 22.6 Å². The fourth-order valence-electron chi connectivity index (χ4n) is 2.37. The van der Waals surface area contributed by atoms with E-state index in [0.717, 1.165) is 18.9 Å². The first kappa shape index (κ1) is 13.0. The maximum absolute atomic E-state index is 13.1. The minimum Gasteiger partial charge on any atom is -0.228 e. The van der Waals surface area contributed by atoms with Crippen molar-refractivity contribution in [1.29, 1.82) is 5.26 Å². The van der Waals surface area contributed by atoms with Crippen LogP contribution in [0.15, 0.2) is 18.2 Å². The number of hydrogen-bond acceptors (Lipinski definition) is 3. The molecule has 1 aromatic rings. The van der Waals surface area contributed by atoms with Gasteiger partial charge in [-0.25, -0.2) is 12.8 Å². The van der Waals surface area contributed by atoms with Gasteiger partial charge in [0.15, 0.2) is 9.84 Å². The van der Waals surface area contributed by atoms with Gasteiger partial charge in [-0.3, -0.25) is 0 Å². The first-order valence-corrected chi connectivity index (χ1v) is 7.64. The van der Waals surface area contributed by atoms with Gasteiger partial charge in [0, 0.05) is 0 Å². The molecule has 3 nitrogen and oxygen atoms in total. The smallest absolute Gasteiger partial charge is 0.157 e. The lowest BCUT2D eigenvalue weighted by Gasteiger charge is -2.11. The van der Waals surface area contributed by atoms with Crippen molar-refractivity contribution in [2.45, 2.75) is 36.7 Å². The second-order valence-electron chi connectivity index (χ2n) is 4.63. The molecular weight excluding hydrogens is 253 g/mol. The van der Waals surface area contributed by atoms with Crippen molar-refractivity contribution >= 4 is 9.84 Å². The highest BCUT2D eigenvalue weighted by atomic mass is 32.2. The highest BCUT2D eigenvalue weighted by Gasteiger charge is 2.29. The minimum absolute atomic E-state index is 0.234. The molecule has 0 heterocycles. The van der Waals surface area contributed by atoms with Crippen molar-refractivity contribution in [2.24, 2.45) is 0 Å². The third-order valence-corrected chi connectivity index (χ3v) is 5.56. The molecule has 0 bridgehead atoms. The first-order valence-electron chi connectivity index (χ1n) is 5.93. The second kappa shape index (κ2) is 5.07. The van der Waals surface area contributed by atoms with Crippen molar-refractivity contribution in [3.05, 3.63) is 35.1 Å². The summed E-state index contributed by atoms with van der Waals surface area (Å²) < 4.78 is 37.4. The van der Waals surface area contributed by atoms with Gasteiger partial charge in [-0.1, -0.05) is 12.8 Å². The number of hydrogen-bond donors (Lipinski definition) is 0. The van der Waals surface area contributed by atoms with Crippen LogP contribution in [0.25, 0.3) is 0 Å². The van der Waals surface area contributed by atoms with Crippen molar-refractivity contribution in [3.8, 4) is 6.07 Å². The Morgan fingerprint density at radius 3 is 2.61 bits per heavy atom. The summed E-state index contributed by atoms with van der Waals surface area (Å²) >= 11 is 0. The number of sulfone groups is 1. The molecule has 1 aliphatic carbocycles. The summed E-state index contributed by atoms with van der Waals surface area (Å²) in [6.45, 7) is 0. The van der Waals surface area contributed by atoms with Crippen LogP contribution in [0.5, 0.6) is 0 Å². The van der Waals surface area contributed by atoms with Gasteiger partial charge in [0.25, 0.3) is 0 Å². The lowest BCUT2D eigenvalue weighted by Crippen LogP contribution is -2.20. The number of nitriles is 1. The third kappa shape index (κ3) is 2.70. The van der Waals surface area contributed by atoms with Crippen molar-refractivity contribution < 1.29 is 12.8 Å². The molecule has 0 amide bonds. The van der Waals surface area contributed by atoms with Crippen molar-refractivity contribution in [3.63, 3.8) is 0 Å². The van der Waals surface area contributed by atoms with Crippen molar-refractivity contribution in [2.75, 3.05) is 0 Å². The van der Waals surface area contributed by atoms with Gasteiger partial charge in [-0.15, -0.1) is 0 Å². The quantitative estimate of drug-likeness (QED) is 0.845. The number of rotatable bonds is 3. The zero-order valence-corrected chi connectivity index (χ0v) is 10.7. The lowest BCUT2D eigenvalue weighted by molar-refractivity contribution is 0.578. The third-order valence-electron chi connectivity index (χ3n) is 3.35. The average molecular weight is 267 g/mol. The lowest BCUT2D eigenvalue weighted by atomic mass is 10.1. The summed E-state index contributed by atoms with van der Waals surface area (Å²) in [5.74, 6) is -0.746. The van der Waals surface area contributed by atoms with Gasteiger partial charge < -0.3 is 0 Å². The van der Waals surface area contributed by atoms with E-state index in [1.807, 2.05) is 6.07 Å². The molecule has 0 radical (unpaired) electrons. The van der Waals surface area contributed by atoms with E-state index in [0.29, 0.717) is 12.8 Å². The normalized spacial score (nSPS) is 16.7. The summed E-state index contributed by atoms with van der Waals surface area (Å²) in [6.07, 6.45) is 3.22. The SMILES string of the molecule is N#Cc1ccc(F)cc1CS(=O)(=O)C1CCCC1. The number of halogens is 1. The van der Waals surface area contributed by atoms with E-state index in [9.17, 15) is 12.8 Å². The zero-order valence-electron chi connectivity index (χ0n) is 9.89. The van der Waals surface area contributed by atoms with Gasteiger partial charge in [0.1, 0.15) is 5.82 Å². The van der Waals surface area contributed by atoms with Crippen LogP contribution in [0.2, 0.25) is 0 Å². The van der Waals surface area contributed by atoms with E-state index in [2.05, 4.69) is 0 Å². The molecule has 1 aliphatic rings. The molecule has 0 unspecified atom stereocenters. The second-order valence-corrected chi connectivity index (χ2v) is 6.91. The highest BCUT2D eigenvalue weighted by molar-refractivity contribution is 7.91. The summed E-state index contributed by atoms with van der Waals surface area (Å²) in [4.78, 5) is 0. The van der Waals surface area contributed by atoms with Crippen LogP contribution >= 0.6 is 0 Å². The molecule has 18 heavy (non-hydrogen) atoms. The van der Waals surface area contributed by atoms with Crippen LogP contribution in [0.3, 0.4) is 0 Å². The van der Waals surface area contributed by atoms with E-state index in [4.69, 9.17) is 5.26 Å². The predicted octanol–water partition coefficient (Wildman–Crippen LogP) is 2.55. The van der Waals surface area contributed by atoms with E-state index >= 15 is 0 Å². The largest absolute Gasteiger partial charge is 0.228 e. The molecule has 1 aromatic carbocycles. The minimum atomic E-state index is -3.28. The summed E-state index contributed by atoms with van der Waals surface area (Å²) in [7, 11) is -3.28. The Hall–Kier alpha value is -1.41. The molecule has 0 N–H and O–H groups in total. The molecule has 1 fully saturated rings. The maximum Gasteiger partial charge on any atom is 0.157 e. The van der Waals surface area contributed by atoms with Gasteiger partial charge in [-0.05, 0) is 36.6 Å². The number of nitrogens with zero attached hydrogens (tertiary/aromatic N) is 1. The molecule has 0 aliphatic heterocycles. The molecule has 0 spiro atoms. The van der Waals surface area contributed by atoms with Gasteiger partial charge in [-0.2, -0.15) is 5.26 Å².